The minimum absolute atomic E-state index is 0.0345. The van der Waals surface area contributed by atoms with Gasteiger partial charge in [0.25, 0.3) is 5.91 Å². The lowest BCUT2D eigenvalue weighted by atomic mass is 10.1. The predicted octanol–water partition coefficient (Wildman–Crippen LogP) is 2.79. The van der Waals surface area contributed by atoms with Gasteiger partial charge in [-0.15, -0.1) is 0 Å². The highest BCUT2D eigenvalue weighted by Gasteiger charge is 2.30. The number of benzene rings is 2. The van der Waals surface area contributed by atoms with Crippen molar-refractivity contribution in [2.75, 3.05) is 13.1 Å². The maximum atomic E-state index is 12.8. The van der Waals surface area contributed by atoms with Gasteiger partial charge in [-0.1, -0.05) is 42.1 Å². The van der Waals surface area contributed by atoms with E-state index in [1.165, 1.54) is 0 Å². The zero-order valence-electron chi connectivity index (χ0n) is 12.6. The molecule has 2 aromatic carbocycles. The molecule has 118 valence electrons. The third-order valence-corrected chi connectivity index (χ3v) is 5.05. The topological polar surface area (TPSA) is 63.4 Å². The molecule has 2 aromatic rings. The Balaban J connectivity index is 1.80. The zero-order chi connectivity index (χ0) is 16.2. The Morgan fingerprint density at radius 1 is 1.04 bits per heavy atom. The largest absolute Gasteiger partial charge is 0.369 e. The lowest BCUT2D eigenvalue weighted by Gasteiger charge is -2.18. The number of carbonyl (C=O) groups is 2. The second-order valence-electron chi connectivity index (χ2n) is 5.55. The number of rotatable bonds is 4. The summed E-state index contributed by atoms with van der Waals surface area (Å²) < 4.78 is 0. The van der Waals surface area contributed by atoms with Crippen LogP contribution in [0, 0.1) is 5.92 Å². The summed E-state index contributed by atoms with van der Waals surface area (Å²) in [7, 11) is 0. The van der Waals surface area contributed by atoms with E-state index in [9.17, 15) is 9.59 Å². The van der Waals surface area contributed by atoms with Gasteiger partial charge in [-0.25, -0.2) is 0 Å². The Kier molecular flexibility index (Phi) is 4.67. The fraction of sp³-hybridized carbons (Fsp3) is 0.222. The Hall–Kier alpha value is -2.27. The van der Waals surface area contributed by atoms with Crippen molar-refractivity contribution in [1.82, 2.24) is 4.90 Å². The van der Waals surface area contributed by atoms with Crippen LogP contribution in [0.2, 0.25) is 0 Å². The Bertz CT molecular complexity index is 718. The van der Waals surface area contributed by atoms with Crippen molar-refractivity contribution in [3.8, 4) is 0 Å². The number of hydrogen-bond acceptors (Lipinski definition) is 3. The van der Waals surface area contributed by atoms with Gasteiger partial charge in [0.15, 0.2) is 0 Å². The number of nitrogens with zero attached hydrogens (tertiary/aromatic N) is 1. The summed E-state index contributed by atoms with van der Waals surface area (Å²) >= 11 is 1.57. The first-order valence-corrected chi connectivity index (χ1v) is 8.37. The first-order chi connectivity index (χ1) is 11.1. The fourth-order valence-corrected chi connectivity index (χ4v) is 3.65. The first-order valence-electron chi connectivity index (χ1n) is 7.55. The SMILES string of the molecule is NC(=O)[C@H]1CCN(C(=O)c2ccccc2Sc2ccccc2)C1. The van der Waals surface area contributed by atoms with Gasteiger partial charge in [-0.05, 0) is 30.7 Å². The summed E-state index contributed by atoms with van der Waals surface area (Å²) in [5.41, 5.74) is 6.02. The smallest absolute Gasteiger partial charge is 0.255 e. The van der Waals surface area contributed by atoms with Crippen LogP contribution in [0.4, 0.5) is 0 Å². The van der Waals surface area contributed by atoms with Gasteiger partial charge < -0.3 is 10.6 Å². The molecule has 4 nitrogen and oxygen atoms in total. The summed E-state index contributed by atoms with van der Waals surface area (Å²) in [6.07, 6.45) is 0.648. The van der Waals surface area contributed by atoms with Crippen molar-refractivity contribution in [3.63, 3.8) is 0 Å². The molecule has 2 amide bonds. The van der Waals surface area contributed by atoms with Gasteiger partial charge >= 0.3 is 0 Å². The van der Waals surface area contributed by atoms with E-state index >= 15 is 0 Å². The van der Waals surface area contributed by atoms with Crippen LogP contribution in [0.3, 0.4) is 0 Å². The van der Waals surface area contributed by atoms with E-state index in [0.717, 1.165) is 9.79 Å². The molecule has 2 N–H and O–H groups in total. The van der Waals surface area contributed by atoms with Gasteiger partial charge in [-0.2, -0.15) is 0 Å². The summed E-state index contributed by atoms with van der Waals surface area (Å²) in [6, 6.07) is 17.5. The maximum Gasteiger partial charge on any atom is 0.255 e. The lowest BCUT2D eigenvalue weighted by Crippen LogP contribution is -2.32. The van der Waals surface area contributed by atoms with E-state index < -0.39 is 0 Å². The minimum atomic E-state index is -0.327. The molecule has 5 heteroatoms. The van der Waals surface area contributed by atoms with Crippen molar-refractivity contribution in [2.24, 2.45) is 11.7 Å². The average Bonchev–Trinajstić information content (AvgIpc) is 3.06. The normalized spacial score (nSPS) is 17.2. The Morgan fingerprint density at radius 2 is 1.74 bits per heavy atom. The molecule has 0 bridgehead atoms. The van der Waals surface area contributed by atoms with Crippen LogP contribution in [-0.2, 0) is 4.79 Å². The summed E-state index contributed by atoms with van der Waals surface area (Å²) in [5, 5.41) is 0. The first kappa shape index (κ1) is 15.6. The molecule has 1 aliphatic heterocycles. The van der Waals surface area contributed by atoms with Crippen molar-refractivity contribution in [1.29, 1.82) is 0 Å². The number of likely N-dealkylation sites (tertiary alicyclic amines) is 1. The molecular formula is C18H18N2O2S. The molecule has 0 aromatic heterocycles. The van der Waals surface area contributed by atoms with Crippen molar-refractivity contribution in [2.45, 2.75) is 16.2 Å². The Labute approximate surface area is 139 Å². The van der Waals surface area contributed by atoms with Crippen molar-refractivity contribution in [3.05, 3.63) is 60.2 Å². The quantitative estimate of drug-likeness (QED) is 0.939. The molecule has 0 unspecified atom stereocenters. The summed E-state index contributed by atoms with van der Waals surface area (Å²) in [4.78, 5) is 27.8. The highest BCUT2D eigenvalue weighted by atomic mass is 32.2. The number of hydrogen-bond donors (Lipinski definition) is 1. The molecule has 0 saturated carbocycles. The van der Waals surface area contributed by atoms with Crippen LogP contribution in [-0.4, -0.2) is 29.8 Å². The summed E-state index contributed by atoms with van der Waals surface area (Å²) in [5.74, 6) is -0.590. The molecule has 1 saturated heterocycles. The fourth-order valence-electron chi connectivity index (χ4n) is 2.70. The van der Waals surface area contributed by atoms with Crippen LogP contribution in [0.5, 0.6) is 0 Å². The Morgan fingerprint density at radius 3 is 2.43 bits per heavy atom. The van der Waals surface area contributed by atoms with E-state index in [4.69, 9.17) is 5.73 Å². The number of nitrogens with two attached hydrogens (primary N) is 1. The molecule has 23 heavy (non-hydrogen) atoms. The van der Waals surface area contributed by atoms with E-state index in [1.54, 1.807) is 16.7 Å². The van der Waals surface area contributed by atoms with Crippen molar-refractivity contribution < 1.29 is 9.59 Å². The molecule has 1 fully saturated rings. The third kappa shape index (κ3) is 3.56. The van der Waals surface area contributed by atoms with Gasteiger partial charge in [0.1, 0.15) is 0 Å². The van der Waals surface area contributed by atoms with E-state index in [2.05, 4.69) is 0 Å². The van der Waals surface area contributed by atoms with Crippen LogP contribution in [0.25, 0.3) is 0 Å². The average molecular weight is 326 g/mol. The van der Waals surface area contributed by atoms with Crippen LogP contribution in [0.15, 0.2) is 64.4 Å². The standard InChI is InChI=1S/C18H18N2O2S/c19-17(21)13-10-11-20(12-13)18(22)15-8-4-5-9-16(15)23-14-6-2-1-3-7-14/h1-9,13H,10-12H2,(H2,19,21)/t13-/m0/s1. The summed E-state index contributed by atoms with van der Waals surface area (Å²) in [6.45, 7) is 0.995. The molecule has 0 aliphatic carbocycles. The van der Waals surface area contributed by atoms with Gasteiger partial charge in [0.2, 0.25) is 5.91 Å². The lowest BCUT2D eigenvalue weighted by molar-refractivity contribution is -0.121. The van der Waals surface area contributed by atoms with E-state index in [-0.39, 0.29) is 17.7 Å². The number of carbonyl (C=O) groups excluding carboxylic acids is 2. The highest BCUT2D eigenvalue weighted by molar-refractivity contribution is 7.99. The predicted molar refractivity (Wildman–Crippen MR) is 90.2 cm³/mol. The van der Waals surface area contributed by atoms with Gasteiger partial charge in [0, 0.05) is 22.9 Å². The second kappa shape index (κ2) is 6.87. The number of amides is 2. The monoisotopic (exact) mass is 326 g/mol. The third-order valence-electron chi connectivity index (χ3n) is 3.97. The molecule has 1 aliphatic rings. The van der Waals surface area contributed by atoms with E-state index in [1.807, 2.05) is 54.6 Å². The van der Waals surface area contributed by atoms with Gasteiger partial charge in [-0.3, -0.25) is 9.59 Å². The molecule has 1 heterocycles. The second-order valence-corrected chi connectivity index (χ2v) is 6.67. The molecular weight excluding hydrogens is 308 g/mol. The highest BCUT2D eigenvalue weighted by Crippen LogP contribution is 2.31. The molecule has 0 spiro atoms. The zero-order valence-corrected chi connectivity index (χ0v) is 13.5. The molecule has 3 rings (SSSR count). The number of primary amides is 1. The van der Waals surface area contributed by atoms with E-state index in [0.29, 0.717) is 25.1 Å². The van der Waals surface area contributed by atoms with Crippen LogP contribution in [0.1, 0.15) is 16.8 Å². The molecule has 1 atom stereocenters. The minimum Gasteiger partial charge on any atom is -0.369 e. The van der Waals surface area contributed by atoms with Gasteiger partial charge in [0.05, 0.1) is 11.5 Å². The van der Waals surface area contributed by atoms with Crippen LogP contribution < -0.4 is 5.73 Å². The van der Waals surface area contributed by atoms with Crippen molar-refractivity contribution >= 4 is 23.6 Å². The van der Waals surface area contributed by atoms with Crippen LogP contribution >= 0.6 is 11.8 Å². The maximum absolute atomic E-state index is 12.8. The molecule has 0 radical (unpaired) electrons.